The zero-order chi connectivity index (χ0) is 46.6. The van der Waals surface area contributed by atoms with Crippen LogP contribution in [0, 0.1) is 0 Å². The van der Waals surface area contributed by atoms with Crippen LogP contribution in [0.5, 0.6) is 46.0 Å². The molecule has 11 aromatic rings. The number of benzene rings is 10. The second-order valence-electron chi connectivity index (χ2n) is 17.2. The van der Waals surface area contributed by atoms with Crippen molar-refractivity contribution in [3.63, 3.8) is 0 Å². The molecule has 0 amide bonds. The fourth-order valence-electron chi connectivity index (χ4n) is 9.66. The summed E-state index contributed by atoms with van der Waals surface area (Å²) in [5.74, 6) is 5.15. The van der Waals surface area contributed by atoms with Crippen LogP contribution < -0.4 is 28.7 Å². The van der Waals surface area contributed by atoms with E-state index in [2.05, 4.69) is 137 Å². The van der Waals surface area contributed by atoms with Gasteiger partial charge in [0.2, 0.25) is 0 Å². The Morgan fingerprint density at radius 1 is 0.282 bits per heavy atom. The molecule has 0 saturated carbocycles. The van der Waals surface area contributed by atoms with Gasteiger partial charge < -0.3 is 33.2 Å². The van der Waals surface area contributed by atoms with Crippen LogP contribution in [0.1, 0.15) is 0 Å². The van der Waals surface area contributed by atoms with Crippen LogP contribution in [0.25, 0.3) is 21.9 Å². The summed E-state index contributed by atoms with van der Waals surface area (Å²) in [5, 5.41) is 1.96. The zero-order valence-corrected chi connectivity index (χ0v) is 40.5. The molecule has 0 unspecified atom stereocenters. The van der Waals surface area contributed by atoms with Crippen molar-refractivity contribution in [2.45, 2.75) is 39.2 Å². The number of hydrogen-bond acceptors (Lipinski definition) is 11. The Balaban J connectivity index is 0.975. The minimum absolute atomic E-state index is 0.607. The van der Waals surface area contributed by atoms with Gasteiger partial charge in [-0.05, 0) is 121 Å². The van der Waals surface area contributed by atoms with Crippen molar-refractivity contribution in [3.05, 3.63) is 206 Å². The van der Waals surface area contributed by atoms with Crippen LogP contribution in [-0.4, -0.2) is 0 Å². The Hall–Kier alpha value is -7.80. The van der Waals surface area contributed by atoms with E-state index in [1.165, 1.54) is 39.2 Å². The molecule has 0 aliphatic carbocycles. The van der Waals surface area contributed by atoms with Gasteiger partial charge in [-0.3, -0.25) is 0 Å². The lowest BCUT2D eigenvalue weighted by Gasteiger charge is -2.33. The third-order valence-corrected chi connectivity index (χ3v) is 17.9. The Labute approximate surface area is 424 Å². The van der Waals surface area contributed by atoms with E-state index in [9.17, 15) is 0 Å². The van der Waals surface area contributed by atoms with Crippen molar-refractivity contribution < 1.29 is 23.4 Å². The van der Waals surface area contributed by atoms with Crippen molar-refractivity contribution >= 4 is 103 Å². The van der Waals surface area contributed by atoms with Crippen molar-refractivity contribution in [2.24, 2.45) is 0 Å². The van der Waals surface area contributed by atoms with Gasteiger partial charge in [0.1, 0.15) is 11.2 Å². The molecule has 10 aromatic carbocycles. The Kier molecular flexibility index (Phi) is 9.47. The quantitative estimate of drug-likeness (QED) is 0.160. The Bertz CT molecular complexity index is 3930. The highest BCUT2D eigenvalue weighted by Crippen LogP contribution is 2.58. The Morgan fingerprint density at radius 2 is 0.746 bits per heavy atom. The molecule has 0 spiro atoms. The summed E-state index contributed by atoms with van der Waals surface area (Å²) in [4.78, 5) is 14.3. The SMILES string of the molecule is c1ccc2c(c1)Oc1ccc(N(c3ccc4c(c3)Sc3ccccc3S4)c3cc(N(c4ccc5c(c4)Sc4ccccc4S5)c4cccc5c4Oc4ccccc4O5)cc4oc5ccccc5c34)cc1O2. The van der Waals surface area contributed by atoms with Crippen LogP contribution in [0.4, 0.5) is 34.1 Å². The van der Waals surface area contributed by atoms with Crippen LogP contribution in [0.2, 0.25) is 0 Å². The fraction of sp³-hybridized carbons (Fsp3) is 0. The van der Waals surface area contributed by atoms with Crippen molar-refractivity contribution in [1.82, 2.24) is 0 Å². The zero-order valence-electron chi connectivity index (χ0n) is 37.2. The number of furan rings is 1. The van der Waals surface area contributed by atoms with Crippen molar-refractivity contribution in [2.75, 3.05) is 9.80 Å². The number of nitrogens with zero attached hydrogens (tertiary/aromatic N) is 2. The largest absolute Gasteiger partial charge is 0.456 e. The molecule has 0 atom stereocenters. The third kappa shape index (κ3) is 6.94. The second kappa shape index (κ2) is 16.4. The predicted molar refractivity (Wildman–Crippen MR) is 286 cm³/mol. The van der Waals surface area contributed by atoms with E-state index >= 15 is 0 Å². The van der Waals surface area contributed by atoms with Gasteiger partial charge in [0.15, 0.2) is 46.0 Å². The van der Waals surface area contributed by atoms with Gasteiger partial charge in [-0.2, -0.15) is 0 Å². The first kappa shape index (κ1) is 41.0. The smallest absolute Gasteiger partial charge is 0.194 e. The maximum absolute atomic E-state index is 6.96. The molecule has 71 heavy (non-hydrogen) atoms. The first-order valence-corrected chi connectivity index (χ1v) is 26.3. The molecule has 0 N–H and O–H groups in total. The van der Waals surface area contributed by atoms with Gasteiger partial charge in [-0.25, -0.2) is 0 Å². The molecular formula is C60H34N2O5S4. The molecule has 1 aromatic heterocycles. The van der Waals surface area contributed by atoms with Gasteiger partial charge >= 0.3 is 0 Å². The summed E-state index contributed by atoms with van der Waals surface area (Å²) in [6, 6.07) is 71.3. The molecule has 0 bridgehead atoms. The summed E-state index contributed by atoms with van der Waals surface area (Å²) in [5.41, 5.74) is 6.85. The van der Waals surface area contributed by atoms with E-state index < -0.39 is 0 Å². The normalized spacial score (nSPS) is 13.3. The molecule has 7 nitrogen and oxygen atoms in total. The molecule has 11 heteroatoms. The molecule has 4 aliphatic rings. The Morgan fingerprint density at radius 3 is 1.39 bits per heavy atom. The summed E-state index contributed by atoms with van der Waals surface area (Å²) in [6.45, 7) is 0. The molecule has 15 rings (SSSR count). The highest BCUT2D eigenvalue weighted by molar-refractivity contribution is 8.05. The minimum atomic E-state index is 0.607. The average molecular weight is 991 g/mol. The molecule has 0 radical (unpaired) electrons. The number of para-hydroxylation sites is 6. The van der Waals surface area contributed by atoms with Gasteiger partial charge in [-0.1, -0.05) is 120 Å². The standard InChI is InChI=1S/C60H34N2O5S4/c1-2-14-42-39(12-1)59-41(61(35-24-27-47-49(31-35)66-44-16-4-3-15-43(44)64-47)36-25-28-55-57(33-36)70-53-22-9-7-20-51(53)68-55)30-38(32-50(59)63-42)62(37-26-29-56-58(34-37)71-54-23-10-8-21-52(54)69-56)40-13-11-19-48-60(40)67-46-18-6-5-17-45(46)65-48/h1-34H. The van der Waals surface area contributed by atoms with E-state index in [1.807, 2.05) is 78.9 Å². The van der Waals surface area contributed by atoms with Crippen LogP contribution in [0.3, 0.4) is 0 Å². The lowest BCUT2D eigenvalue weighted by Crippen LogP contribution is -2.15. The molecule has 0 saturated heterocycles. The highest BCUT2D eigenvalue weighted by Gasteiger charge is 2.31. The molecule has 5 heterocycles. The van der Waals surface area contributed by atoms with Crippen LogP contribution in [-0.2, 0) is 0 Å². The lowest BCUT2D eigenvalue weighted by atomic mass is 10.0. The number of rotatable bonds is 6. The fourth-order valence-corrected chi connectivity index (χ4v) is 14.2. The summed E-state index contributed by atoms with van der Waals surface area (Å²) < 4.78 is 33.4. The average Bonchev–Trinajstić information content (AvgIpc) is 3.79. The van der Waals surface area contributed by atoms with Gasteiger partial charge in [0.25, 0.3) is 0 Å². The molecular weight excluding hydrogens is 957 g/mol. The molecule has 0 fully saturated rings. The van der Waals surface area contributed by atoms with Gasteiger partial charge in [0.05, 0.1) is 28.1 Å². The lowest BCUT2D eigenvalue weighted by molar-refractivity contribution is 0.360. The van der Waals surface area contributed by atoms with E-state index in [1.54, 1.807) is 47.0 Å². The molecule has 4 aliphatic heterocycles. The number of fused-ring (bicyclic) bond motifs is 11. The summed E-state index contributed by atoms with van der Waals surface area (Å²) in [6.07, 6.45) is 0. The summed E-state index contributed by atoms with van der Waals surface area (Å²) in [7, 11) is 0. The second-order valence-corrected chi connectivity index (χ2v) is 21.5. The monoisotopic (exact) mass is 990 g/mol. The van der Waals surface area contributed by atoms with Crippen molar-refractivity contribution in [3.8, 4) is 46.0 Å². The first-order valence-electron chi connectivity index (χ1n) is 23.0. The number of anilines is 6. The van der Waals surface area contributed by atoms with E-state index in [0.717, 1.165) is 56.1 Å². The van der Waals surface area contributed by atoms with E-state index in [-0.39, 0.29) is 0 Å². The van der Waals surface area contributed by atoms with Crippen LogP contribution in [0.15, 0.2) is 250 Å². The highest BCUT2D eigenvalue weighted by atomic mass is 32.2. The van der Waals surface area contributed by atoms with Gasteiger partial charge in [0, 0.05) is 68.1 Å². The van der Waals surface area contributed by atoms with Gasteiger partial charge in [-0.15, -0.1) is 0 Å². The minimum Gasteiger partial charge on any atom is -0.456 e. The van der Waals surface area contributed by atoms with Crippen LogP contribution >= 0.6 is 47.0 Å². The third-order valence-electron chi connectivity index (χ3n) is 12.8. The number of hydrogen-bond donors (Lipinski definition) is 0. The molecule has 338 valence electrons. The maximum Gasteiger partial charge on any atom is 0.194 e. The predicted octanol–water partition coefficient (Wildman–Crippen LogP) is 19.6. The van der Waals surface area contributed by atoms with E-state index in [0.29, 0.717) is 46.0 Å². The van der Waals surface area contributed by atoms with E-state index in [4.69, 9.17) is 23.4 Å². The topological polar surface area (TPSA) is 56.5 Å². The number of ether oxygens (including phenoxy) is 4. The summed E-state index contributed by atoms with van der Waals surface area (Å²) >= 11 is 7.19. The maximum atomic E-state index is 6.96. The van der Waals surface area contributed by atoms with Crippen molar-refractivity contribution in [1.29, 1.82) is 0 Å². The first-order chi connectivity index (χ1) is 35.1.